The number of rotatable bonds is 5. The molecule has 7 heteroatoms. The Kier molecular flexibility index (Phi) is 16.7. The summed E-state index contributed by atoms with van der Waals surface area (Å²) in [5, 5.41) is 15.8. The molecule has 10 aromatic carbocycles. The lowest BCUT2D eigenvalue weighted by atomic mass is 9.81. The quantitative estimate of drug-likeness (QED) is 0.158. The van der Waals surface area contributed by atoms with Crippen LogP contribution in [0.15, 0.2) is 222 Å². The number of benzene rings is 10. The van der Waals surface area contributed by atoms with Crippen LogP contribution in [0.5, 0.6) is 0 Å². The third-order valence-corrected chi connectivity index (χ3v) is 23.3. The normalized spacial score (nSPS) is 12.9. The lowest BCUT2D eigenvalue weighted by Crippen LogP contribution is -2.35. The summed E-state index contributed by atoms with van der Waals surface area (Å²) in [6.07, 6.45) is 1.73. The van der Waals surface area contributed by atoms with Crippen LogP contribution < -0.4 is 18.3 Å². The maximum atomic E-state index is 8.68. The second kappa shape index (κ2) is 27.0. The highest BCUT2D eigenvalue weighted by molar-refractivity contribution is 7.17. The highest BCUT2D eigenvalue weighted by Gasteiger charge is 2.37. The molecule has 105 heavy (non-hydrogen) atoms. The number of fused-ring (bicyclic) bond motifs is 12. The number of aromatic nitrogens is 5. The Morgan fingerprint density at radius 2 is 0.790 bits per heavy atom. The Morgan fingerprint density at radius 1 is 0.362 bits per heavy atom. The number of pyridine rings is 4. The topological polar surface area (TPSA) is 33.6 Å². The summed E-state index contributed by atoms with van der Waals surface area (Å²) in [6, 6.07) is 68.4. The Bertz CT molecular complexity index is 6510. The van der Waals surface area contributed by atoms with Gasteiger partial charge < -0.3 is 8.98 Å². The van der Waals surface area contributed by atoms with Crippen molar-refractivity contribution in [3.63, 3.8) is 0 Å². The van der Waals surface area contributed by atoms with Gasteiger partial charge >= 0.3 is 0 Å². The fourth-order valence-corrected chi connectivity index (χ4v) is 17.3. The Hall–Kier alpha value is -10.9. The third-order valence-electron chi connectivity index (χ3n) is 22.5. The van der Waals surface area contributed by atoms with Gasteiger partial charge in [-0.05, 0) is 231 Å². The zero-order valence-electron chi connectivity index (χ0n) is 68.6. The van der Waals surface area contributed by atoms with Crippen LogP contribution in [-0.2, 0) is 33.6 Å². The van der Waals surface area contributed by atoms with Gasteiger partial charge in [0.05, 0.1) is 61.1 Å². The Morgan fingerprint density at radius 3 is 1.30 bits per heavy atom. The molecule has 0 saturated carbocycles. The minimum Gasteiger partial charge on any atom is -0.464 e. The molecule has 0 N–H and O–H groups in total. The molecule has 17 aromatic rings. The van der Waals surface area contributed by atoms with E-state index in [1.165, 1.54) is 132 Å². The van der Waals surface area contributed by atoms with Crippen LogP contribution in [0.1, 0.15) is 118 Å². The lowest BCUT2D eigenvalue weighted by molar-refractivity contribution is -0.665. The van der Waals surface area contributed by atoms with Gasteiger partial charge in [-0.15, -0.1) is 11.3 Å². The number of para-hydroxylation sites is 1. The summed E-state index contributed by atoms with van der Waals surface area (Å²) >= 11 is 1.78. The van der Waals surface area contributed by atoms with Crippen molar-refractivity contribution in [1.82, 2.24) is 4.57 Å². The third kappa shape index (κ3) is 12.3. The number of hydrogen-bond donors (Lipinski definition) is 0. The average molecular weight is 1400 g/mol. The predicted octanol–water partition coefficient (Wildman–Crippen LogP) is 24.0. The van der Waals surface area contributed by atoms with Crippen molar-refractivity contribution in [2.24, 2.45) is 28.2 Å². The van der Waals surface area contributed by atoms with Crippen molar-refractivity contribution in [1.29, 1.82) is 0 Å². The van der Waals surface area contributed by atoms with Crippen molar-refractivity contribution in [3.8, 4) is 56.2 Å². The molecule has 0 radical (unpaired) electrons. The van der Waals surface area contributed by atoms with Crippen molar-refractivity contribution in [3.05, 3.63) is 296 Å². The van der Waals surface area contributed by atoms with E-state index in [9.17, 15) is 0 Å². The van der Waals surface area contributed by atoms with E-state index in [1.54, 1.807) is 17.6 Å². The van der Waals surface area contributed by atoms with E-state index in [0.717, 1.165) is 88.1 Å². The molecular weight excluding hydrogens is 1300 g/mol. The second-order valence-corrected chi connectivity index (χ2v) is 31.4. The molecule has 1 aliphatic carbocycles. The number of nitrogens with zero attached hydrogens (tertiary/aromatic N) is 5. The van der Waals surface area contributed by atoms with Crippen LogP contribution in [0.3, 0.4) is 0 Å². The minimum atomic E-state index is -0.0247. The highest BCUT2D eigenvalue weighted by Crippen LogP contribution is 2.51. The summed E-state index contributed by atoms with van der Waals surface area (Å²) < 4.78 is 52.4. The zero-order chi connectivity index (χ0) is 77.4. The molecule has 0 aliphatic heterocycles. The van der Waals surface area contributed by atoms with Crippen LogP contribution in [0, 0.1) is 83.1 Å². The van der Waals surface area contributed by atoms with Gasteiger partial charge in [-0.3, -0.25) is 0 Å². The van der Waals surface area contributed by atoms with Crippen LogP contribution in [0.4, 0.5) is 0 Å². The average Bonchev–Trinajstić information content (AvgIpc) is 1.62. The molecule has 0 spiro atoms. The van der Waals surface area contributed by atoms with Crippen LogP contribution in [0.25, 0.3) is 142 Å². The summed E-state index contributed by atoms with van der Waals surface area (Å²) in [6.45, 7) is 34.5. The maximum absolute atomic E-state index is 8.68. The number of thiophene rings is 1. The Labute approximate surface area is 629 Å². The number of aryl methyl sites for hydroxylation is 8. The maximum Gasteiger partial charge on any atom is 0.220 e. The van der Waals surface area contributed by atoms with E-state index in [1.807, 2.05) is 40.8 Å². The second-order valence-electron chi connectivity index (χ2n) is 30.5. The summed E-state index contributed by atoms with van der Waals surface area (Å²) in [4.78, 5) is 0. The van der Waals surface area contributed by atoms with Gasteiger partial charge in [-0.25, -0.2) is 0 Å². The van der Waals surface area contributed by atoms with Gasteiger partial charge in [0, 0.05) is 89.7 Å². The summed E-state index contributed by atoms with van der Waals surface area (Å²) in [5.74, 6) is 0. The van der Waals surface area contributed by atoms with Crippen molar-refractivity contribution in [2.75, 3.05) is 0 Å². The first-order valence-corrected chi connectivity index (χ1v) is 37.7. The lowest BCUT2D eigenvalue weighted by Gasteiger charge is -2.22. The largest absolute Gasteiger partial charge is 0.464 e. The molecule has 0 amide bonds. The molecule has 6 nitrogen and oxygen atoms in total. The first-order valence-electron chi connectivity index (χ1n) is 38.8. The molecule has 0 bridgehead atoms. The molecular formula is C98H97N5OS+4. The monoisotopic (exact) mass is 1400 g/mol. The van der Waals surface area contributed by atoms with Crippen molar-refractivity contribution in [2.45, 2.75) is 122 Å². The summed E-state index contributed by atoms with van der Waals surface area (Å²) in [5.41, 5.74) is 32.4. The van der Waals surface area contributed by atoms with Gasteiger partial charge in [-0.1, -0.05) is 133 Å². The van der Waals surface area contributed by atoms with Crippen molar-refractivity contribution >= 4 is 97.3 Å². The van der Waals surface area contributed by atoms with E-state index >= 15 is 0 Å². The van der Waals surface area contributed by atoms with Crippen LogP contribution in [-0.4, -0.2) is 4.57 Å². The standard InChI is InChI=1S/C28H29N2.C28H28N.C21H20NO.C21H20NS/c1-17(2)30-26-10-8-7-9-22(26)25-14-19(4)23(16-27(25)30)28-24-13-18(3)11-12-21(24)15-20(5)29(28)6;1-17-11-12-20-15-19(3)29(6)27(23(20)13-17)22-16-26-24(14-18(22)2)21-9-7-8-10-25(21)28(26,4)5;2*1-13-5-6-16-11-15(3)22(4)21(19(16)9-13)18-12-20-17(7-8-23-20)10-14(18)2/h7-17H,1-6H3;7-16H,1-6H3;2*5-12H,1-4H3/q4*+1/i2*15D;2*11D. The van der Waals surface area contributed by atoms with Gasteiger partial charge in [0.25, 0.3) is 0 Å². The van der Waals surface area contributed by atoms with E-state index in [2.05, 4.69) is 308 Å². The minimum absolute atomic E-state index is 0.0247. The number of hydrogen-bond acceptors (Lipinski definition) is 2. The van der Waals surface area contributed by atoms with Gasteiger partial charge in [-0.2, -0.15) is 18.3 Å². The van der Waals surface area contributed by atoms with E-state index in [-0.39, 0.29) is 5.41 Å². The van der Waals surface area contributed by atoms with Crippen LogP contribution >= 0.6 is 11.3 Å². The molecule has 1 aliphatic rings. The van der Waals surface area contributed by atoms with E-state index in [4.69, 9.17) is 9.90 Å². The summed E-state index contributed by atoms with van der Waals surface area (Å²) in [7, 11) is 8.29. The molecule has 0 atom stereocenters. The predicted molar refractivity (Wildman–Crippen MR) is 445 cm³/mol. The molecule has 0 fully saturated rings. The first kappa shape index (κ1) is 64.9. The fraction of sp³-hybridized carbons (Fsp3) is 0.224. The van der Waals surface area contributed by atoms with E-state index in [0.29, 0.717) is 30.2 Å². The Balaban J connectivity index is 0.000000116. The number of furan rings is 1. The first-order chi connectivity index (χ1) is 51.9. The SMILES string of the molecule is [2H]c1c(C)[n+](C)c(-c2cc3c(cc2C)-c2ccccc2C3(C)C)c2cc(C)ccc12.[2H]c1c(C)[n+](C)c(-c2cc3c(cc2C)c2ccccc2n3C(C)C)c2cc(C)ccc12.[2H]c1c(C)[n+](C)c(-c2cc3occc3cc2C)c2cc(C)ccc12.[2H]c1c(C)[n+](C)c(-c2cc3sccc3cc2C)c2cc(C)ccc12. The van der Waals surface area contributed by atoms with Crippen LogP contribution in [0.2, 0.25) is 0 Å². The van der Waals surface area contributed by atoms with Gasteiger partial charge in [0.2, 0.25) is 22.8 Å². The highest BCUT2D eigenvalue weighted by atomic mass is 32.1. The van der Waals surface area contributed by atoms with E-state index < -0.39 is 0 Å². The smallest absolute Gasteiger partial charge is 0.220 e. The molecule has 0 saturated heterocycles. The molecule has 7 aromatic heterocycles. The van der Waals surface area contributed by atoms with Crippen molar-refractivity contribution < 1.29 is 28.2 Å². The molecule has 0 unspecified atom stereocenters. The molecule has 522 valence electrons. The zero-order valence-corrected chi connectivity index (χ0v) is 65.4. The fourth-order valence-electron chi connectivity index (χ4n) is 16.5. The molecule has 7 heterocycles. The van der Waals surface area contributed by atoms with Gasteiger partial charge in [0.1, 0.15) is 33.8 Å². The molecule has 18 rings (SSSR count). The van der Waals surface area contributed by atoms with Gasteiger partial charge in [0.15, 0.2) is 22.8 Å².